The molecule has 5 heteroatoms. The Morgan fingerprint density at radius 2 is 2.17 bits per heavy atom. The van der Waals surface area contributed by atoms with Crippen molar-refractivity contribution in [2.24, 2.45) is 5.92 Å². The van der Waals surface area contributed by atoms with Gasteiger partial charge in [-0.05, 0) is 37.9 Å². The Balaban J connectivity index is 1.46. The molecular weight excluding hydrogens is 300 g/mol. The van der Waals surface area contributed by atoms with Crippen molar-refractivity contribution in [3.8, 4) is 0 Å². The lowest BCUT2D eigenvalue weighted by Crippen LogP contribution is -2.27. The minimum absolute atomic E-state index is 0.132. The molecule has 128 valence electrons. The molecule has 24 heavy (non-hydrogen) atoms. The van der Waals surface area contributed by atoms with Gasteiger partial charge in [0.25, 0.3) is 0 Å². The van der Waals surface area contributed by atoms with Gasteiger partial charge in [0.2, 0.25) is 5.91 Å². The minimum Gasteiger partial charge on any atom is -0.349 e. The highest BCUT2D eigenvalue weighted by molar-refractivity contribution is 5.76. The molecule has 1 aliphatic rings. The van der Waals surface area contributed by atoms with Crippen LogP contribution >= 0.6 is 0 Å². The fourth-order valence-corrected chi connectivity index (χ4v) is 3.31. The van der Waals surface area contributed by atoms with Crippen LogP contribution in [0.25, 0.3) is 0 Å². The minimum atomic E-state index is 0.132. The lowest BCUT2D eigenvalue weighted by Gasteiger charge is -2.12. The third-order valence-corrected chi connectivity index (χ3v) is 4.69. The van der Waals surface area contributed by atoms with Gasteiger partial charge >= 0.3 is 0 Å². The Hall–Kier alpha value is -2.14. The number of imidazole rings is 1. The van der Waals surface area contributed by atoms with Crippen LogP contribution in [-0.2, 0) is 24.3 Å². The van der Waals surface area contributed by atoms with Gasteiger partial charge < -0.3 is 14.8 Å². The van der Waals surface area contributed by atoms with Crippen molar-refractivity contribution in [1.29, 1.82) is 0 Å². The number of nitrogens with one attached hydrogen (secondary N) is 1. The number of hydrogen-bond donors (Lipinski definition) is 1. The smallest absolute Gasteiger partial charge is 0.220 e. The first-order chi connectivity index (χ1) is 11.7. The average molecular weight is 326 g/mol. The molecule has 0 spiro atoms. The highest BCUT2D eigenvalue weighted by atomic mass is 16.1. The summed E-state index contributed by atoms with van der Waals surface area (Å²) in [7, 11) is 2.11. The molecule has 1 atom stereocenters. The first-order valence-corrected chi connectivity index (χ1v) is 8.70. The van der Waals surface area contributed by atoms with E-state index >= 15 is 0 Å². The van der Waals surface area contributed by atoms with E-state index in [9.17, 15) is 4.79 Å². The molecule has 0 aliphatic carbocycles. The summed E-state index contributed by atoms with van der Waals surface area (Å²) in [4.78, 5) is 18.8. The van der Waals surface area contributed by atoms with Gasteiger partial charge in [-0.3, -0.25) is 4.79 Å². The van der Waals surface area contributed by atoms with Crippen molar-refractivity contribution in [2.75, 3.05) is 20.1 Å². The summed E-state index contributed by atoms with van der Waals surface area (Å²) in [5.74, 6) is 1.54. The summed E-state index contributed by atoms with van der Waals surface area (Å²) in [6.45, 7) is 3.51. The molecule has 0 saturated carbocycles. The van der Waals surface area contributed by atoms with E-state index in [2.05, 4.69) is 51.1 Å². The van der Waals surface area contributed by atoms with Gasteiger partial charge in [-0.15, -0.1) is 0 Å². The van der Waals surface area contributed by atoms with Crippen molar-refractivity contribution in [2.45, 2.75) is 32.4 Å². The van der Waals surface area contributed by atoms with E-state index in [-0.39, 0.29) is 5.91 Å². The van der Waals surface area contributed by atoms with E-state index in [1.807, 2.05) is 12.3 Å². The van der Waals surface area contributed by atoms with Crippen LogP contribution in [0.3, 0.4) is 0 Å². The van der Waals surface area contributed by atoms with E-state index < -0.39 is 0 Å². The van der Waals surface area contributed by atoms with Gasteiger partial charge in [0, 0.05) is 31.9 Å². The summed E-state index contributed by atoms with van der Waals surface area (Å²) in [6, 6.07) is 10.4. The van der Waals surface area contributed by atoms with Gasteiger partial charge in [0.05, 0.1) is 6.54 Å². The largest absolute Gasteiger partial charge is 0.349 e. The zero-order valence-corrected chi connectivity index (χ0v) is 14.3. The predicted octanol–water partition coefficient (Wildman–Crippen LogP) is 2.08. The zero-order chi connectivity index (χ0) is 16.8. The standard InChI is InChI=1S/C19H26N4O/c1-22-10-7-17(15-22)13-19(24)21-14-18-20-9-12-23(18)11-8-16-5-3-2-4-6-16/h2-6,9,12,17H,7-8,10-11,13-15H2,1H3,(H,21,24). The Kier molecular flexibility index (Phi) is 5.64. The van der Waals surface area contributed by atoms with E-state index in [4.69, 9.17) is 0 Å². The monoisotopic (exact) mass is 326 g/mol. The van der Waals surface area contributed by atoms with Crippen LogP contribution in [0.15, 0.2) is 42.7 Å². The second-order valence-electron chi connectivity index (χ2n) is 6.67. The van der Waals surface area contributed by atoms with Crippen LogP contribution in [0, 0.1) is 5.92 Å². The fourth-order valence-electron chi connectivity index (χ4n) is 3.31. The van der Waals surface area contributed by atoms with Crippen LogP contribution < -0.4 is 5.32 Å². The van der Waals surface area contributed by atoms with Crippen LogP contribution in [0.2, 0.25) is 0 Å². The molecule has 2 heterocycles. The highest BCUT2D eigenvalue weighted by Crippen LogP contribution is 2.17. The molecule has 0 radical (unpaired) electrons. The summed E-state index contributed by atoms with van der Waals surface area (Å²) >= 11 is 0. The maximum atomic E-state index is 12.1. The van der Waals surface area contributed by atoms with Gasteiger partial charge in [-0.25, -0.2) is 4.98 Å². The van der Waals surface area contributed by atoms with E-state index in [0.717, 1.165) is 38.3 Å². The average Bonchev–Trinajstić information content (AvgIpc) is 3.20. The van der Waals surface area contributed by atoms with Crippen molar-refractivity contribution >= 4 is 5.91 Å². The Bertz CT molecular complexity index is 652. The van der Waals surface area contributed by atoms with Crippen molar-refractivity contribution in [3.63, 3.8) is 0 Å². The molecule has 1 amide bonds. The first kappa shape index (κ1) is 16.7. The third-order valence-electron chi connectivity index (χ3n) is 4.69. The van der Waals surface area contributed by atoms with Crippen LogP contribution in [0.1, 0.15) is 24.2 Å². The number of carbonyl (C=O) groups excluding carboxylic acids is 1. The highest BCUT2D eigenvalue weighted by Gasteiger charge is 2.21. The number of rotatable bonds is 7. The van der Waals surface area contributed by atoms with Gasteiger partial charge in [0.1, 0.15) is 5.82 Å². The van der Waals surface area contributed by atoms with Gasteiger partial charge in [0.15, 0.2) is 0 Å². The SMILES string of the molecule is CN1CCC(CC(=O)NCc2nccn2CCc2ccccc2)C1. The van der Waals surface area contributed by atoms with Crippen molar-refractivity contribution < 1.29 is 4.79 Å². The lowest BCUT2D eigenvalue weighted by molar-refractivity contribution is -0.122. The topological polar surface area (TPSA) is 50.2 Å². The number of benzene rings is 1. The number of aromatic nitrogens is 2. The molecule has 1 saturated heterocycles. The molecular formula is C19H26N4O. The number of aryl methyl sites for hydroxylation is 2. The van der Waals surface area contributed by atoms with Crippen LogP contribution in [-0.4, -0.2) is 40.5 Å². The fraction of sp³-hybridized carbons (Fsp3) is 0.474. The summed E-state index contributed by atoms with van der Waals surface area (Å²) in [5.41, 5.74) is 1.31. The molecule has 2 aromatic rings. The molecule has 5 nitrogen and oxygen atoms in total. The van der Waals surface area contributed by atoms with Crippen molar-refractivity contribution in [1.82, 2.24) is 19.8 Å². The van der Waals surface area contributed by atoms with Gasteiger partial charge in [-0.1, -0.05) is 30.3 Å². The molecule has 1 aromatic heterocycles. The quantitative estimate of drug-likeness (QED) is 0.847. The summed E-state index contributed by atoms with van der Waals surface area (Å²) < 4.78 is 2.12. The molecule has 0 bridgehead atoms. The summed E-state index contributed by atoms with van der Waals surface area (Å²) in [6.07, 6.45) is 6.49. The molecule has 3 rings (SSSR count). The molecule has 1 fully saturated rings. The second kappa shape index (κ2) is 8.11. The summed E-state index contributed by atoms with van der Waals surface area (Å²) in [5, 5.41) is 3.02. The molecule has 1 aromatic carbocycles. The number of likely N-dealkylation sites (tertiary alicyclic amines) is 1. The number of hydrogen-bond acceptors (Lipinski definition) is 3. The molecule has 1 aliphatic heterocycles. The Labute approximate surface area is 143 Å². The lowest BCUT2D eigenvalue weighted by atomic mass is 10.0. The van der Waals surface area contributed by atoms with E-state index in [0.29, 0.717) is 18.9 Å². The van der Waals surface area contributed by atoms with Crippen LogP contribution in [0.5, 0.6) is 0 Å². The molecule has 1 unspecified atom stereocenters. The number of carbonyl (C=O) groups is 1. The van der Waals surface area contributed by atoms with Crippen LogP contribution in [0.4, 0.5) is 0 Å². The maximum absolute atomic E-state index is 12.1. The Morgan fingerprint density at radius 1 is 1.33 bits per heavy atom. The normalized spacial score (nSPS) is 18.0. The Morgan fingerprint density at radius 3 is 2.92 bits per heavy atom. The van der Waals surface area contributed by atoms with E-state index in [1.54, 1.807) is 6.20 Å². The first-order valence-electron chi connectivity index (χ1n) is 8.70. The van der Waals surface area contributed by atoms with Gasteiger partial charge in [-0.2, -0.15) is 0 Å². The maximum Gasteiger partial charge on any atom is 0.220 e. The number of nitrogens with zero attached hydrogens (tertiary/aromatic N) is 3. The third kappa shape index (κ3) is 4.68. The van der Waals surface area contributed by atoms with E-state index in [1.165, 1.54) is 5.56 Å². The molecule has 1 N–H and O–H groups in total. The zero-order valence-electron chi connectivity index (χ0n) is 14.3. The predicted molar refractivity (Wildman–Crippen MR) is 94.4 cm³/mol. The number of amides is 1. The van der Waals surface area contributed by atoms with Crippen molar-refractivity contribution in [3.05, 3.63) is 54.1 Å². The second-order valence-corrected chi connectivity index (χ2v) is 6.67.